The van der Waals surface area contributed by atoms with Crippen molar-refractivity contribution in [3.05, 3.63) is 72.2 Å². The van der Waals surface area contributed by atoms with Crippen LogP contribution in [0.1, 0.15) is 16.2 Å². The van der Waals surface area contributed by atoms with E-state index >= 15 is 0 Å². The van der Waals surface area contributed by atoms with E-state index in [0.29, 0.717) is 17.6 Å². The highest BCUT2D eigenvalue weighted by molar-refractivity contribution is 6.05. The summed E-state index contributed by atoms with van der Waals surface area (Å²) in [6.45, 7) is 0.368. The van der Waals surface area contributed by atoms with E-state index in [-0.39, 0.29) is 5.91 Å². The molecule has 2 aromatic carbocycles. The van der Waals surface area contributed by atoms with Gasteiger partial charge in [-0.15, -0.1) is 0 Å². The van der Waals surface area contributed by atoms with Gasteiger partial charge in [-0.1, -0.05) is 30.3 Å². The van der Waals surface area contributed by atoms with Crippen LogP contribution in [0, 0.1) is 0 Å². The van der Waals surface area contributed by atoms with Crippen LogP contribution >= 0.6 is 0 Å². The number of rotatable bonds is 3. The van der Waals surface area contributed by atoms with E-state index in [1.165, 1.54) is 0 Å². The molecule has 2 heterocycles. The second-order valence-electron chi connectivity index (χ2n) is 5.64. The maximum Gasteiger partial charge on any atom is 0.253 e. The van der Waals surface area contributed by atoms with Crippen LogP contribution in [-0.2, 0) is 13.6 Å². The van der Waals surface area contributed by atoms with Gasteiger partial charge in [-0.25, -0.2) is 4.98 Å². The van der Waals surface area contributed by atoms with Gasteiger partial charge in [0.1, 0.15) is 5.82 Å². The van der Waals surface area contributed by atoms with E-state index in [2.05, 4.69) is 15.3 Å². The zero-order valence-corrected chi connectivity index (χ0v) is 13.2. The number of benzene rings is 2. The number of amides is 1. The normalized spacial score (nSPS) is 11.0. The molecular weight excluding hydrogens is 300 g/mol. The quantitative estimate of drug-likeness (QED) is 0.632. The molecule has 0 atom stereocenters. The van der Waals surface area contributed by atoms with Crippen molar-refractivity contribution in [2.75, 3.05) is 0 Å². The minimum Gasteiger partial charge on any atom is -0.345 e. The van der Waals surface area contributed by atoms with Crippen LogP contribution in [0.5, 0.6) is 0 Å². The predicted octanol–water partition coefficient (Wildman–Crippen LogP) is 3.05. The predicted molar refractivity (Wildman–Crippen MR) is 93.6 cm³/mol. The molecule has 0 aliphatic heterocycles. The molecule has 0 saturated carbocycles. The summed E-state index contributed by atoms with van der Waals surface area (Å²) in [7, 11) is 1.95. The van der Waals surface area contributed by atoms with Gasteiger partial charge in [0.25, 0.3) is 5.91 Å². The fourth-order valence-corrected chi connectivity index (χ4v) is 2.90. The van der Waals surface area contributed by atoms with Crippen LogP contribution in [0.2, 0.25) is 0 Å². The van der Waals surface area contributed by atoms with Gasteiger partial charge in [0.2, 0.25) is 0 Å². The Morgan fingerprint density at radius 3 is 2.79 bits per heavy atom. The third-order valence-corrected chi connectivity index (χ3v) is 4.16. The standard InChI is InChI=1S/C19H16N4O/c1-23-16-10-3-2-9-15(16)22-17(23)12-21-19(24)14-8-4-6-13-7-5-11-20-18(13)14/h2-11H,12H2,1H3,(H,21,24). The number of nitrogens with one attached hydrogen (secondary N) is 1. The Morgan fingerprint density at radius 2 is 1.92 bits per heavy atom. The number of hydrogen-bond donors (Lipinski definition) is 1. The molecule has 4 rings (SSSR count). The Morgan fingerprint density at radius 1 is 1.08 bits per heavy atom. The number of aryl methyl sites for hydroxylation is 1. The van der Waals surface area contributed by atoms with Crippen molar-refractivity contribution in [1.29, 1.82) is 0 Å². The molecule has 0 aliphatic rings. The largest absolute Gasteiger partial charge is 0.345 e. The van der Waals surface area contributed by atoms with Gasteiger partial charge in [0, 0.05) is 18.6 Å². The molecule has 0 radical (unpaired) electrons. The van der Waals surface area contributed by atoms with E-state index in [4.69, 9.17) is 0 Å². The van der Waals surface area contributed by atoms with Crippen LogP contribution in [0.15, 0.2) is 60.8 Å². The average Bonchev–Trinajstić information content (AvgIpc) is 2.95. The topological polar surface area (TPSA) is 59.8 Å². The maximum absolute atomic E-state index is 12.6. The van der Waals surface area contributed by atoms with Crippen LogP contribution in [-0.4, -0.2) is 20.4 Å². The smallest absolute Gasteiger partial charge is 0.253 e. The van der Waals surface area contributed by atoms with Crippen LogP contribution in [0.25, 0.3) is 21.9 Å². The summed E-state index contributed by atoms with van der Waals surface area (Å²) in [5.41, 5.74) is 3.26. The van der Waals surface area contributed by atoms with Gasteiger partial charge in [-0.2, -0.15) is 0 Å². The second-order valence-corrected chi connectivity index (χ2v) is 5.64. The summed E-state index contributed by atoms with van der Waals surface area (Å²) in [5, 5.41) is 3.90. The zero-order valence-electron chi connectivity index (χ0n) is 13.2. The zero-order chi connectivity index (χ0) is 16.5. The Hall–Kier alpha value is -3.21. The van der Waals surface area contributed by atoms with Crippen LogP contribution in [0.3, 0.4) is 0 Å². The lowest BCUT2D eigenvalue weighted by Crippen LogP contribution is -2.24. The Balaban J connectivity index is 1.60. The highest BCUT2D eigenvalue weighted by Gasteiger charge is 2.12. The molecule has 2 aromatic heterocycles. The Labute approximate surface area is 139 Å². The Kier molecular flexibility index (Phi) is 3.46. The monoisotopic (exact) mass is 316 g/mol. The van der Waals surface area contributed by atoms with Crippen LogP contribution in [0.4, 0.5) is 0 Å². The van der Waals surface area contributed by atoms with E-state index < -0.39 is 0 Å². The lowest BCUT2D eigenvalue weighted by molar-refractivity contribution is 0.0951. The van der Waals surface area contributed by atoms with Gasteiger partial charge in [-0.05, 0) is 24.3 Å². The number of pyridine rings is 1. The first kappa shape index (κ1) is 14.4. The highest BCUT2D eigenvalue weighted by atomic mass is 16.1. The molecule has 0 spiro atoms. The average molecular weight is 316 g/mol. The number of carbonyl (C=O) groups is 1. The molecule has 5 nitrogen and oxygen atoms in total. The summed E-state index contributed by atoms with van der Waals surface area (Å²) in [5.74, 6) is 0.670. The van der Waals surface area contributed by atoms with E-state index in [1.807, 2.05) is 60.1 Å². The van der Waals surface area contributed by atoms with E-state index in [9.17, 15) is 4.79 Å². The summed E-state index contributed by atoms with van der Waals surface area (Å²) in [4.78, 5) is 21.5. The molecule has 1 N–H and O–H groups in total. The van der Waals surface area contributed by atoms with Gasteiger partial charge in [0.15, 0.2) is 0 Å². The maximum atomic E-state index is 12.6. The molecule has 0 unspecified atom stereocenters. The fourth-order valence-electron chi connectivity index (χ4n) is 2.90. The van der Waals surface area contributed by atoms with Gasteiger partial charge in [0.05, 0.1) is 28.7 Å². The molecule has 5 heteroatoms. The van der Waals surface area contributed by atoms with Crippen LogP contribution < -0.4 is 5.32 Å². The van der Waals surface area contributed by atoms with Crippen molar-refractivity contribution in [3.8, 4) is 0 Å². The van der Waals surface area contributed by atoms with Gasteiger partial charge in [-0.3, -0.25) is 9.78 Å². The number of para-hydroxylation sites is 3. The molecule has 1 amide bonds. The third-order valence-electron chi connectivity index (χ3n) is 4.16. The number of carbonyl (C=O) groups excluding carboxylic acids is 1. The highest BCUT2D eigenvalue weighted by Crippen LogP contribution is 2.17. The van der Waals surface area contributed by atoms with Gasteiger partial charge < -0.3 is 9.88 Å². The van der Waals surface area contributed by atoms with Crippen molar-refractivity contribution < 1.29 is 4.79 Å². The molecule has 24 heavy (non-hydrogen) atoms. The molecule has 0 aliphatic carbocycles. The second kappa shape index (κ2) is 5.77. The number of hydrogen-bond acceptors (Lipinski definition) is 3. The van der Waals surface area contributed by atoms with Gasteiger partial charge >= 0.3 is 0 Å². The van der Waals surface area contributed by atoms with Crippen molar-refractivity contribution in [2.45, 2.75) is 6.54 Å². The first-order valence-electron chi connectivity index (χ1n) is 7.76. The molecule has 0 bridgehead atoms. The fraction of sp³-hybridized carbons (Fsp3) is 0.105. The summed E-state index contributed by atoms with van der Waals surface area (Å²) >= 11 is 0. The van der Waals surface area contributed by atoms with Crippen molar-refractivity contribution in [2.24, 2.45) is 7.05 Å². The summed E-state index contributed by atoms with van der Waals surface area (Å²) in [6, 6.07) is 17.3. The first-order valence-corrected chi connectivity index (χ1v) is 7.76. The minimum absolute atomic E-state index is 0.147. The first-order chi connectivity index (χ1) is 11.7. The number of aromatic nitrogens is 3. The third kappa shape index (κ3) is 2.40. The molecule has 0 fully saturated rings. The van der Waals surface area contributed by atoms with E-state index in [1.54, 1.807) is 12.3 Å². The lowest BCUT2D eigenvalue weighted by atomic mass is 10.1. The Bertz CT molecular complexity index is 1050. The minimum atomic E-state index is -0.147. The van der Waals surface area contributed by atoms with Crippen molar-refractivity contribution in [1.82, 2.24) is 19.9 Å². The SMILES string of the molecule is Cn1c(CNC(=O)c2cccc3cccnc23)nc2ccccc21. The number of fused-ring (bicyclic) bond motifs is 2. The van der Waals surface area contributed by atoms with Crippen molar-refractivity contribution in [3.63, 3.8) is 0 Å². The van der Waals surface area contributed by atoms with Crippen molar-refractivity contribution >= 4 is 27.8 Å². The molecular formula is C19H16N4O. The molecule has 0 saturated heterocycles. The summed E-state index contributed by atoms with van der Waals surface area (Å²) < 4.78 is 2.00. The number of nitrogens with zero attached hydrogens (tertiary/aromatic N) is 3. The molecule has 118 valence electrons. The number of imidazole rings is 1. The molecule has 4 aromatic rings. The lowest BCUT2D eigenvalue weighted by Gasteiger charge is -2.07. The van der Waals surface area contributed by atoms with E-state index in [0.717, 1.165) is 22.2 Å². The summed E-state index contributed by atoms with van der Waals surface area (Å²) in [6.07, 6.45) is 1.70.